The largest absolute Gasteiger partial charge is 0.391 e. The standard InChI is InChI=1S/C15H29F3N2/c1-11(2)9-19-10-14(12(3)4)20-7-5-13(6-8-20)15(16,17)18/h11-14,19H,5-10H2,1-4H3. The van der Waals surface area contributed by atoms with E-state index in [1.54, 1.807) is 0 Å². The number of halogens is 3. The highest BCUT2D eigenvalue weighted by Crippen LogP contribution is 2.34. The van der Waals surface area contributed by atoms with Gasteiger partial charge in [-0.1, -0.05) is 27.7 Å². The van der Waals surface area contributed by atoms with Crippen molar-refractivity contribution in [2.24, 2.45) is 17.8 Å². The first-order valence-corrected chi connectivity index (χ1v) is 7.73. The van der Waals surface area contributed by atoms with Crippen LogP contribution in [0.4, 0.5) is 13.2 Å². The molecule has 1 aliphatic heterocycles. The van der Waals surface area contributed by atoms with Gasteiger partial charge in [0.1, 0.15) is 0 Å². The normalized spacial score (nSPS) is 20.9. The van der Waals surface area contributed by atoms with Crippen LogP contribution in [0.2, 0.25) is 0 Å². The maximum atomic E-state index is 12.7. The second-order valence-electron chi connectivity index (χ2n) is 6.72. The average Bonchev–Trinajstić information content (AvgIpc) is 2.33. The Balaban J connectivity index is 2.45. The Hall–Kier alpha value is -0.290. The van der Waals surface area contributed by atoms with Crippen molar-refractivity contribution < 1.29 is 13.2 Å². The fourth-order valence-electron chi connectivity index (χ4n) is 2.86. The van der Waals surface area contributed by atoms with E-state index in [0.29, 0.717) is 31.0 Å². The molecule has 0 radical (unpaired) electrons. The van der Waals surface area contributed by atoms with Crippen LogP contribution in [0, 0.1) is 17.8 Å². The lowest BCUT2D eigenvalue weighted by Gasteiger charge is -2.40. The predicted molar refractivity (Wildman–Crippen MR) is 76.7 cm³/mol. The quantitative estimate of drug-likeness (QED) is 0.806. The number of nitrogens with one attached hydrogen (secondary N) is 1. The minimum absolute atomic E-state index is 0.247. The first-order chi connectivity index (χ1) is 9.21. The van der Waals surface area contributed by atoms with Gasteiger partial charge in [0.25, 0.3) is 0 Å². The van der Waals surface area contributed by atoms with E-state index in [4.69, 9.17) is 0 Å². The molecule has 0 bridgehead atoms. The van der Waals surface area contributed by atoms with Crippen molar-refractivity contribution in [3.05, 3.63) is 0 Å². The molecule has 1 atom stereocenters. The molecule has 5 heteroatoms. The zero-order valence-corrected chi connectivity index (χ0v) is 13.1. The molecule has 1 rings (SSSR count). The minimum atomic E-state index is -4.02. The maximum absolute atomic E-state index is 12.7. The predicted octanol–water partition coefficient (Wildman–Crippen LogP) is 3.53. The van der Waals surface area contributed by atoms with Gasteiger partial charge in [-0.15, -0.1) is 0 Å². The van der Waals surface area contributed by atoms with Crippen LogP contribution in [0.5, 0.6) is 0 Å². The molecule has 0 aromatic rings. The van der Waals surface area contributed by atoms with Gasteiger partial charge in [-0.2, -0.15) is 13.2 Å². The molecule has 0 amide bonds. The number of hydrogen-bond acceptors (Lipinski definition) is 2. The van der Waals surface area contributed by atoms with Crippen molar-refractivity contribution >= 4 is 0 Å². The summed E-state index contributed by atoms with van der Waals surface area (Å²) < 4.78 is 38.1. The van der Waals surface area contributed by atoms with Crippen molar-refractivity contribution in [1.29, 1.82) is 0 Å². The number of nitrogens with zero attached hydrogens (tertiary/aromatic N) is 1. The summed E-state index contributed by atoms with van der Waals surface area (Å²) in [4.78, 5) is 2.24. The van der Waals surface area contributed by atoms with Crippen LogP contribution >= 0.6 is 0 Å². The highest BCUT2D eigenvalue weighted by Gasteiger charge is 2.42. The molecule has 1 fully saturated rings. The third-order valence-electron chi connectivity index (χ3n) is 4.14. The lowest BCUT2D eigenvalue weighted by molar-refractivity contribution is -0.186. The molecule has 1 unspecified atom stereocenters. The number of hydrogen-bond donors (Lipinski definition) is 1. The van der Waals surface area contributed by atoms with E-state index in [0.717, 1.165) is 13.1 Å². The lowest BCUT2D eigenvalue weighted by Crippen LogP contribution is -2.50. The van der Waals surface area contributed by atoms with Crippen LogP contribution in [0.25, 0.3) is 0 Å². The number of rotatable bonds is 6. The van der Waals surface area contributed by atoms with Gasteiger partial charge in [0.05, 0.1) is 5.92 Å². The summed E-state index contributed by atoms with van der Waals surface area (Å²) in [6.45, 7) is 11.6. The Morgan fingerprint density at radius 3 is 2.00 bits per heavy atom. The van der Waals surface area contributed by atoms with Crippen LogP contribution in [0.3, 0.4) is 0 Å². The molecular weight excluding hydrogens is 265 g/mol. The average molecular weight is 294 g/mol. The van der Waals surface area contributed by atoms with Crippen molar-refractivity contribution in [3.8, 4) is 0 Å². The van der Waals surface area contributed by atoms with E-state index in [1.165, 1.54) is 0 Å². The fourth-order valence-corrected chi connectivity index (χ4v) is 2.86. The Bertz CT molecular complexity index is 269. The van der Waals surface area contributed by atoms with Crippen LogP contribution in [-0.2, 0) is 0 Å². The molecule has 1 N–H and O–H groups in total. The van der Waals surface area contributed by atoms with Crippen molar-refractivity contribution in [2.45, 2.75) is 52.8 Å². The van der Waals surface area contributed by atoms with Gasteiger partial charge in [0, 0.05) is 12.6 Å². The summed E-state index contributed by atoms with van der Waals surface area (Å²) in [6.07, 6.45) is -3.52. The molecule has 0 aliphatic carbocycles. The summed E-state index contributed by atoms with van der Waals surface area (Å²) in [5, 5.41) is 3.44. The molecule has 1 saturated heterocycles. The first-order valence-electron chi connectivity index (χ1n) is 7.73. The molecule has 2 nitrogen and oxygen atoms in total. The Kier molecular flexibility index (Phi) is 6.79. The van der Waals surface area contributed by atoms with E-state index >= 15 is 0 Å². The van der Waals surface area contributed by atoms with Crippen molar-refractivity contribution in [2.75, 3.05) is 26.2 Å². The van der Waals surface area contributed by atoms with Crippen LogP contribution in [0.1, 0.15) is 40.5 Å². The highest BCUT2D eigenvalue weighted by atomic mass is 19.4. The number of likely N-dealkylation sites (tertiary alicyclic amines) is 1. The Morgan fingerprint density at radius 1 is 1.05 bits per heavy atom. The Morgan fingerprint density at radius 2 is 1.60 bits per heavy atom. The second kappa shape index (κ2) is 7.64. The van der Waals surface area contributed by atoms with E-state index in [9.17, 15) is 13.2 Å². The molecule has 0 saturated carbocycles. The second-order valence-corrected chi connectivity index (χ2v) is 6.72. The molecule has 20 heavy (non-hydrogen) atoms. The SMILES string of the molecule is CC(C)CNCC(C(C)C)N1CCC(C(F)(F)F)CC1. The van der Waals surface area contributed by atoms with Crippen LogP contribution in [0.15, 0.2) is 0 Å². The molecular formula is C15H29F3N2. The van der Waals surface area contributed by atoms with E-state index < -0.39 is 12.1 Å². The minimum Gasteiger partial charge on any atom is -0.315 e. The van der Waals surface area contributed by atoms with Gasteiger partial charge in [-0.3, -0.25) is 4.90 Å². The van der Waals surface area contributed by atoms with Crippen molar-refractivity contribution in [3.63, 3.8) is 0 Å². The first kappa shape index (κ1) is 17.8. The zero-order valence-electron chi connectivity index (χ0n) is 13.1. The summed E-state index contributed by atoms with van der Waals surface area (Å²) in [6, 6.07) is 0.336. The molecule has 1 heterocycles. The number of alkyl halides is 3. The van der Waals surface area contributed by atoms with Crippen molar-refractivity contribution in [1.82, 2.24) is 10.2 Å². The topological polar surface area (TPSA) is 15.3 Å². The highest BCUT2D eigenvalue weighted by molar-refractivity contribution is 4.84. The third kappa shape index (κ3) is 5.60. The fraction of sp³-hybridized carbons (Fsp3) is 1.00. The van der Waals surface area contributed by atoms with Gasteiger partial charge in [-0.25, -0.2) is 0 Å². The summed E-state index contributed by atoms with van der Waals surface area (Å²) in [5.74, 6) is -0.0499. The summed E-state index contributed by atoms with van der Waals surface area (Å²) in [5.41, 5.74) is 0. The summed E-state index contributed by atoms with van der Waals surface area (Å²) >= 11 is 0. The smallest absolute Gasteiger partial charge is 0.315 e. The van der Waals surface area contributed by atoms with Crippen LogP contribution in [-0.4, -0.2) is 43.3 Å². The molecule has 0 aromatic carbocycles. The van der Waals surface area contributed by atoms with Gasteiger partial charge in [0.2, 0.25) is 0 Å². The van der Waals surface area contributed by atoms with Gasteiger partial charge in [-0.05, 0) is 44.3 Å². The molecule has 0 aromatic heterocycles. The summed E-state index contributed by atoms with van der Waals surface area (Å²) in [7, 11) is 0. The van der Waals surface area contributed by atoms with Gasteiger partial charge in [0.15, 0.2) is 0 Å². The monoisotopic (exact) mass is 294 g/mol. The van der Waals surface area contributed by atoms with E-state index in [1.807, 2.05) is 0 Å². The van der Waals surface area contributed by atoms with E-state index in [2.05, 4.69) is 37.9 Å². The van der Waals surface area contributed by atoms with E-state index in [-0.39, 0.29) is 12.8 Å². The molecule has 1 aliphatic rings. The maximum Gasteiger partial charge on any atom is 0.391 e. The van der Waals surface area contributed by atoms with Gasteiger partial charge >= 0.3 is 6.18 Å². The van der Waals surface area contributed by atoms with Crippen LogP contribution < -0.4 is 5.32 Å². The number of piperidine rings is 1. The third-order valence-corrected chi connectivity index (χ3v) is 4.14. The molecule has 0 spiro atoms. The lowest BCUT2D eigenvalue weighted by atomic mass is 9.92. The molecule has 120 valence electrons. The zero-order chi connectivity index (χ0) is 15.3. The Labute approximate surface area is 121 Å². The van der Waals surface area contributed by atoms with Gasteiger partial charge < -0.3 is 5.32 Å².